The summed E-state index contributed by atoms with van der Waals surface area (Å²) in [5.74, 6) is -0.237. The third kappa shape index (κ3) is 4.42. The van der Waals surface area contributed by atoms with Gasteiger partial charge in [0.1, 0.15) is 0 Å². The number of nitrogens with one attached hydrogen (secondary N) is 1. The molecule has 0 saturated heterocycles. The van der Waals surface area contributed by atoms with Crippen molar-refractivity contribution in [2.24, 2.45) is 5.92 Å². The van der Waals surface area contributed by atoms with Crippen LogP contribution in [-0.4, -0.2) is 33.8 Å². The van der Waals surface area contributed by atoms with Gasteiger partial charge in [0.15, 0.2) is 0 Å². The van der Waals surface area contributed by atoms with Crippen molar-refractivity contribution in [2.75, 3.05) is 14.2 Å². The largest absolute Gasteiger partial charge is 0.427 e. The van der Waals surface area contributed by atoms with E-state index in [-0.39, 0.29) is 11.9 Å². The summed E-state index contributed by atoms with van der Waals surface area (Å²) in [6.07, 6.45) is 2.58. The van der Waals surface area contributed by atoms with E-state index < -0.39 is 0 Å². The van der Waals surface area contributed by atoms with Crippen molar-refractivity contribution >= 4 is 25.9 Å². The summed E-state index contributed by atoms with van der Waals surface area (Å²) >= 11 is 0.720. The Morgan fingerprint density at radius 2 is 2.27 bits per heavy atom. The van der Waals surface area contributed by atoms with Crippen molar-refractivity contribution in [3.05, 3.63) is 0 Å². The molecule has 85 valence electrons. The van der Waals surface area contributed by atoms with Crippen LogP contribution in [0.2, 0.25) is 0 Å². The second-order valence-electron chi connectivity index (χ2n) is 3.36. The van der Waals surface area contributed by atoms with Crippen molar-refractivity contribution in [2.45, 2.75) is 25.3 Å². The number of carbonyl (C=O) groups excluding carboxylic acids is 1. The zero-order chi connectivity index (χ0) is 11.1. The van der Waals surface area contributed by atoms with Gasteiger partial charge in [0.2, 0.25) is 12.3 Å². The van der Waals surface area contributed by atoms with Crippen LogP contribution in [0.4, 0.5) is 0 Å². The average Bonchev–Trinajstić information content (AvgIpc) is 2.71. The molecular weight excluding hydrogens is 217 g/mol. The molecule has 2 atom stereocenters. The lowest BCUT2D eigenvalue weighted by atomic mass is 10.1. The smallest absolute Gasteiger partial charge is 0.395 e. The summed E-state index contributed by atoms with van der Waals surface area (Å²) < 4.78 is 14.2. The van der Waals surface area contributed by atoms with Gasteiger partial charge in [-0.3, -0.25) is 8.98 Å². The number of hydrogen-bond acceptors (Lipinski definition) is 6. The Morgan fingerprint density at radius 1 is 1.47 bits per heavy atom. The van der Waals surface area contributed by atoms with Crippen LogP contribution in [0.3, 0.4) is 0 Å². The fourth-order valence-electron chi connectivity index (χ4n) is 1.65. The third-order valence-electron chi connectivity index (χ3n) is 2.37. The third-order valence-corrected chi connectivity index (χ3v) is 2.74. The normalized spacial score (nSPS) is 25.2. The van der Waals surface area contributed by atoms with Gasteiger partial charge >= 0.3 is 13.6 Å². The van der Waals surface area contributed by atoms with Crippen LogP contribution in [0.1, 0.15) is 19.3 Å². The minimum absolute atomic E-state index is 0.0320. The van der Waals surface area contributed by atoms with Gasteiger partial charge in [-0.15, -0.1) is 0 Å². The maximum atomic E-state index is 11.4. The van der Waals surface area contributed by atoms with Crippen LogP contribution >= 0.6 is 12.3 Å². The highest BCUT2D eigenvalue weighted by Crippen LogP contribution is 2.27. The maximum absolute atomic E-state index is 11.4. The summed E-state index contributed by atoms with van der Waals surface area (Å²) in [5.41, 5.74) is 0. The molecule has 1 aliphatic rings. The summed E-state index contributed by atoms with van der Waals surface area (Å²) in [6, 6.07) is 0.301. The van der Waals surface area contributed by atoms with Crippen molar-refractivity contribution in [1.29, 1.82) is 0 Å². The summed E-state index contributed by atoms with van der Waals surface area (Å²) in [6.45, 7) is 0. The monoisotopic (exact) mass is 232 g/mol. The second-order valence-corrected chi connectivity index (χ2v) is 4.00. The van der Waals surface area contributed by atoms with E-state index >= 15 is 0 Å². The number of rotatable bonds is 6. The van der Waals surface area contributed by atoms with Gasteiger partial charge in [0, 0.05) is 7.11 Å². The van der Waals surface area contributed by atoms with Crippen molar-refractivity contribution in [3.8, 4) is 0 Å². The first-order valence-corrected chi connectivity index (χ1v) is 5.46. The Balaban J connectivity index is 2.20. The highest BCUT2D eigenvalue weighted by Gasteiger charge is 2.31. The summed E-state index contributed by atoms with van der Waals surface area (Å²) in [4.78, 5) is 11.4. The Bertz CT molecular complexity index is 207. The summed E-state index contributed by atoms with van der Waals surface area (Å²) in [5, 5.41) is 3.08. The van der Waals surface area contributed by atoms with E-state index in [1.807, 2.05) is 0 Å². The maximum Gasteiger partial charge on any atom is 0.395 e. The van der Waals surface area contributed by atoms with Crippen molar-refractivity contribution < 1.29 is 17.8 Å². The van der Waals surface area contributed by atoms with E-state index in [9.17, 15) is 4.79 Å². The molecule has 1 aliphatic carbocycles. The van der Waals surface area contributed by atoms with E-state index in [2.05, 4.69) is 9.41 Å². The Kier molecular flexibility index (Phi) is 6.08. The lowest BCUT2D eigenvalue weighted by Gasteiger charge is -2.10. The first-order valence-electron chi connectivity index (χ1n) is 4.79. The van der Waals surface area contributed by atoms with E-state index in [1.54, 1.807) is 14.7 Å². The molecule has 0 unspecified atom stereocenters. The molecule has 0 aromatic heterocycles. The van der Waals surface area contributed by atoms with Gasteiger partial charge in [-0.2, -0.15) is 0 Å². The van der Waals surface area contributed by atoms with E-state index in [0.29, 0.717) is 6.04 Å². The van der Waals surface area contributed by atoms with Gasteiger partial charge < -0.3 is 14.1 Å². The first kappa shape index (κ1) is 12.8. The molecule has 1 rings (SSSR count). The Hall–Kier alpha value is -0.235. The topological polar surface area (TPSA) is 56.8 Å². The van der Waals surface area contributed by atoms with Crippen LogP contribution in [0.15, 0.2) is 0 Å². The lowest BCUT2D eigenvalue weighted by molar-refractivity contribution is -0.137. The van der Waals surface area contributed by atoms with Crippen LogP contribution < -0.4 is 5.23 Å². The van der Waals surface area contributed by atoms with Gasteiger partial charge in [0.25, 0.3) is 0 Å². The molecule has 5 nitrogen and oxygen atoms in total. The molecule has 15 heavy (non-hydrogen) atoms. The minimum atomic E-state index is -0.205. The predicted octanol–water partition coefficient (Wildman–Crippen LogP) is 0.678. The van der Waals surface area contributed by atoms with Crippen LogP contribution in [-0.2, 0) is 17.8 Å². The second kappa shape index (κ2) is 7.11. The predicted molar refractivity (Wildman–Crippen MR) is 57.7 cm³/mol. The number of carbonyl (C=O) groups is 1. The molecule has 0 spiro atoms. The fraction of sp³-hybridized carbons (Fsp3) is 0.875. The van der Waals surface area contributed by atoms with Crippen LogP contribution in [0, 0.1) is 5.92 Å². The fourth-order valence-corrected chi connectivity index (χ4v) is 1.92. The van der Waals surface area contributed by atoms with Gasteiger partial charge in [0.05, 0.1) is 13.0 Å². The molecule has 0 amide bonds. The Morgan fingerprint density at radius 3 is 2.93 bits per heavy atom. The molecule has 1 radical (unpaired) electrons. The van der Waals surface area contributed by atoms with Gasteiger partial charge in [-0.25, -0.2) is 0 Å². The van der Waals surface area contributed by atoms with Crippen molar-refractivity contribution in [1.82, 2.24) is 5.23 Å². The molecule has 0 aromatic carbocycles. The SMILES string of the molecule is CO[B]N[C@@H]1CC[C@H](C(=O)OSOC)C1. The van der Waals surface area contributed by atoms with Crippen LogP contribution in [0.25, 0.3) is 0 Å². The standard InChI is InChI=1S/C8H15BNO4S/c1-12-9-10-7-4-3-6(5-7)8(11)14-15-13-2/h6-7,10H,3-5H2,1-2H3/t6-,7+/m0/s1. The molecule has 1 N–H and O–H groups in total. The van der Waals surface area contributed by atoms with Gasteiger partial charge in [-0.05, 0) is 25.3 Å². The molecule has 0 heterocycles. The highest BCUT2D eigenvalue weighted by atomic mass is 32.2. The molecule has 0 bridgehead atoms. The molecule has 1 fully saturated rings. The van der Waals surface area contributed by atoms with E-state index in [4.69, 9.17) is 8.84 Å². The van der Waals surface area contributed by atoms with E-state index in [1.165, 1.54) is 7.11 Å². The summed E-state index contributed by atoms with van der Waals surface area (Å²) in [7, 11) is 4.59. The van der Waals surface area contributed by atoms with Crippen molar-refractivity contribution in [3.63, 3.8) is 0 Å². The molecule has 0 aliphatic heterocycles. The highest BCUT2D eigenvalue weighted by molar-refractivity contribution is 7.90. The molecule has 1 saturated carbocycles. The molecule has 7 heteroatoms. The average molecular weight is 232 g/mol. The van der Waals surface area contributed by atoms with Crippen LogP contribution in [0.5, 0.6) is 0 Å². The molecular formula is C8H15BNO4S. The lowest BCUT2D eigenvalue weighted by Crippen LogP contribution is -2.31. The minimum Gasteiger partial charge on any atom is -0.427 e. The van der Waals surface area contributed by atoms with E-state index in [0.717, 1.165) is 31.6 Å². The first-order chi connectivity index (χ1) is 7.27. The number of hydrogen-bond donors (Lipinski definition) is 1. The zero-order valence-electron chi connectivity index (χ0n) is 8.89. The quantitative estimate of drug-likeness (QED) is 0.536. The van der Waals surface area contributed by atoms with Gasteiger partial charge in [-0.1, -0.05) is 0 Å². The Labute approximate surface area is 94.9 Å². The molecule has 0 aromatic rings. The zero-order valence-corrected chi connectivity index (χ0v) is 9.71.